The van der Waals surface area contributed by atoms with Crippen molar-refractivity contribution in [2.75, 3.05) is 11.9 Å². The molecule has 3 aromatic carbocycles. The number of hydrogen-bond acceptors (Lipinski definition) is 9. The normalized spacial score (nSPS) is 19.3. The lowest BCUT2D eigenvalue weighted by Gasteiger charge is -2.24. The van der Waals surface area contributed by atoms with Gasteiger partial charge in [0.05, 0.1) is 17.1 Å². The van der Waals surface area contributed by atoms with Gasteiger partial charge in [0.15, 0.2) is 6.10 Å². The Morgan fingerprint density at radius 2 is 1.57 bits per heavy atom. The van der Waals surface area contributed by atoms with E-state index in [0.717, 1.165) is 17.8 Å². The van der Waals surface area contributed by atoms with Crippen LogP contribution in [0.4, 0.5) is 14.6 Å². The van der Waals surface area contributed by atoms with E-state index in [-0.39, 0.29) is 21.8 Å². The van der Waals surface area contributed by atoms with Crippen molar-refractivity contribution in [2.45, 2.75) is 36.2 Å². The second-order valence-corrected chi connectivity index (χ2v) is 11.4. The van der Waals surface area contributed by atoms with Crippen LogP contribution in [0.25, 0.3) is 0 Å². The minimum absolute atomic E-state index is 0.0453. The van der Waals surface area contributed by atoms with Crippen molar-refractivity contribution in [3.63, 3.8) is 0 Å². The van der Waals surface area contributed by atoms with Gasteiger partial charge in [-0.1, -0.05) is 54.1 Å². The van der Waals surface area contributed by atoms with E-state index >= 15 is 8.78 Å². The van der Waals surface area contributed by atoms with Gasteiger partial charge in [-0.05, 0) is 49.4 Å². The number of nitrogens with one attached hydrogen (secondary N) is 1. The van der Waals surface area contributed by atoms with Crippen LogP contribution in [-0.4, -0.2) is 54.6 Å². The zero-order chi connectivity index (χ0) is 31.5. The van der Waals surface area contributed by atoms with Crippen molar-refractivity contribution in [3.8, 4) is 0 Å². The van der Waals surface area contributed by atoms with Gasteiger partial charge in [-0.2, -0.15) is 22.2 Å². The molecule has 0 aliphatic carbocycles. The van der Waals surface area contributed by atoms with Gasteiger partial charge in [-0.3, -0.25) is 13.5 Å². The van der Waals surface area contributed by atoms with Gasteiger partial charge in [0.2, 0.25) is 6.23 Å². The minimum atomic E-state index is -4.42. The molecule has 2 heterocycles. The summed E-state index contributed by atoms with van der Waals surface area (Å²) in [6, 6.07) is 22.1. The number of amides is 1. The maximum atomic E-state index is 15.9. The number of benzene rings is 3. The molecule has 1 fully saturated rings. The first kappa shape index (κ1) is 30.7. The Hall–Kier alpha value is -4.79. The lowest BCUT2D eigenvalue weighted by molar-refractivity contribution is -0.142. The Morgan fingerprint density at radius 3 is 2.18 bits per heavy atom. The smallest absolute Gasteiger partial charge is 0.351 e. The molecule has 0 bridgehead atoms. The van der Waals surface area contributed by atoms with Gasteiger partial charge in [0, 0.05) is 11.8 Å². The fraction of sp³-hybridized carbons (Fsp3) is 0.200. The minimum Gasteiger partial charge on any atom is -0.449 e. The molecule has 1 aliphatic heterocycles. The van der Waals surface area contributed by atoms with Crippen LogP contribution in [0.3, 0.4) is 0 Å². The van der Waals surface area contributed by atoms with Gasteiger partial charge in [-0.15, -0.1) is 0 Å². The van der Waals surface area contributed by atoms with Crippen molar-refractivity contribution >= 4 is 27.8 Å². The lowest BCUT2D eigenvalue weighted by atomic mass is 10.1. The summed E-state index contributed by atoms with van der Waals surface area (Å²) in [5, 5.41) is 2.41. The third-order valence-electron chi connectivity index (χ3n) is 6.65. The highest BCUT2D eigenvalue weighted by Gasteiger charge is 2.62. The van der Waals surface area contributed by atoms with Crippen molar-refractivity contribution in [3.05, 3.63) is 124 Å². The average Bonchev–Trinajstić information content (AvgIpc) is 3.26. The maximum Gasteiger partial charge on any atom is 0.351 e. The van der Waals surface area contributed by atoms with Crippen LogP contribution in [0.15, 0.2) is 107 Å². The number of hydrogen-bond donors (Lipinski definition) is 1. The van der Waals surface area contributed by atoms with Gasteiger partial charge >= 0.3 is 17.6 Å². The highest BCUT2D eigenvalue weighted by atomic mass is 32.2. The van der Waals surface area contributed by atoms with E-state index in [1.54, 1.807) is 31.2 Å². The summed E-state index contributed by atoms with van der Waals surface area (Å²) in [6.07, 6.45) is -5.63. The van der Waals surface area contributed by atoms with Crippen molar-refractivity contribution in [1.29, 1.82) is 0 Å². The topological polar surface area (TPSA) is 143 Å². The monoisotopic (exact) mass is 625 g/mol. The molecule has 228 valence electrons. The first-order valence-electron chi connectivity index (χ1n) is 13.2. The first-order valence-corrected chi connectivity index (χ1v) is 14.6. The Labute approximate surface area is 250 Å². The fourth-order valence-electron chi connectivity index (χ4n) is 4.37. The Bertz CT molecular complexity index is 1820. The van der Waals surface area contributed by atoms with E-state index in [1.165, 1.54) is 60.7 Å². The van der Waals surface area contributed by atoms with Crippen LogP contribution in [0.2, 0.25) is 0 Å². The first-order chi connectivity index (χ1) is 21.0. The number of carbonyl (C=O) groups is 2. The molecular weight excluding hydrogens is 600 g/mol. The Kier molecular flexibility index (Phi) is 8.67. The Balaban J connectivity index is 1.41. The van der Waals surface area contributed by atoms with Crippen LogP contribution < -0.4 is 11.0 Å². The molecule has 44 heavy (non-hydrogen) atoms. The predicted octanol–water partition coefficient (Wildman–Crippen LogP) is 3.97. The number of aryl methyl sites for hydroxylation is 1. The number of rotatable bonds is 9. The number of alkyl halides is 2. The molecule has 1 aromatic heterocycles. The molecule has 3 atom stereocenters. The molecular formula is C30H25F2N3O8S. The van der Waals surface area contributed by atoms with Crippen LogP contribution in [0.5, 0.6) is 0 Å². The number of ether oxygens (including phenoxy) is 2. The number of halogens is 2. The Morgan fingerprint density at radius 1 is 0.955 bits per heavy atom. The van der Waals surface area contributed by atoms with Crippen LogP contribution in [-0.2, 0) is 23.8 Å². The summed E-state index contributed by atoms with van der Waals surface area (Å²) in [4.78, 5) is 41.5. The summed E-state index contributed by atoms with van der Waals surface area (Å²) in [5.41, 5.74) is -0.211. The molecule has 1 saturated heterocycles. The third-order valence-corrected chi connectivity index (χ3v) is 7.95. The van der Waals surface area contributed by atoms with Gasteiger partial charge in [-0.25, -0.2) is 9.59 Å². The second kappa shape index (κ2) is 12.4. The third kappa shape index (κ3) is 6.56. The van der Waals surface area contributed by atoms with Gasteiger partial charge < -0.3 is 14.8 Å². The maximum absolute atomic E-state index is 15.9. The van der Waals surface area contributed by atoms with Crippen LogP contribution in [0.1, 0.15) is 32.5 Å². The predicted molar refractivity (Wildman–Crippen MR) is 152 cm³/mol. The van der Waals surface area contributed by atoms with E-state index in [2.05, 4.69) is 10.3 Å². The number of nitrogens with zero attached hydrogens (tertiary/aromatic N) is 2. The molecule has 1 amide bonds. The van der Waals surface area contributed by atoms with Crippen LogP contribution >= 0.6 is 0 Å². The number of esters is 1. The summed E-state index contributed by atoms with van der Waals surface area (Å²) < 4.78 is 73.5. The van der Waals surface area contributed by atoms with Crippen molar-refractivity contribution in [2.24, 2.45) is 0 Å². The summed E-state index contributed by atoms with van der Waals surface area (Å²) in [6.45, 7) is 0.778. The SMILES string of the molecule is Cc1ccc(S(=O)(=O)OC[C@H]2O[C@@H](n3ccc(NC(=O)c4ccccc4)nc3=O)C(F)(F)[C@@H]2OC(=O)c2ccccc2)cc1. The number of anilines is 1. The molecule has 4 aromatic rings. The standard InChI is InChI=1S/C30H25F2N3O8S/c1-19-12-14-22(15-13-19)44(39,40)41-18-23-25(43-27(37)21-10-6-3-7-11-21)30(31,32)28(42-23)35-17-16-24(34-29(35)38)33-26(36)20-8-4-2-5-9-20/h2-17,23,25,28H,18H2,1H3,(H,33,34,36,38)/t23-,25-,28-/m1/s1. The molecule has 1 N–H and O–H groups in total. The molecule has 0 unspecified atom stereocenters. The quantitative estimate of drug-likeness (QED) is 0.216. The number of carbonyl (C=O) groups excluding carboxylic acids is 2. The summed E-state index contributed by atoms with van der Waals surface area (Å²) in [7, 11) is -4.42. The zero-order valence-corrected chi connectivity index (χ0v) is 23.8. The van der Waals surface area contributed by atoms with E-state index < -0.39 is 58.6 Å². The van der Waals surface area contributed by atoms with E-state index in [4.69, 9.17) is 13.7 Å². The molecule has 1 aliphatic rings. The molecule has 0 saturated carbocycles. The molecule has 0 spiro atoms. The molecule has 11 nitrogen and oxygen atoms in total. The largest absolute Gasteiger partial charge is 0.449 e. The highest BCUT2D eigenvalue weighted by Crippen LogP contribution is 2.44. The highest BCUT2D eigenvalue weighted by molar-refractivity contribution is 7.86. The molecule has 0 radical (unpaired) electrons. The van der Waals surface area contributed by atoms with E-state index in [0.29, 0.717) is 4.57 Å². The number of aromatic nitrogens is 2. The zero-order valence-electron chi connectivity index (χ0n) is 23.0. The van der Waals surface area contributed by atoms with E-state index in [9.17, 15) is 22.8 Å². The molecule has 14 heteroatoms. The fourth-order valence-corrected chi connectivity index (χ4v) is 5.29. The summed E-state index contributed by atoms with van der Waals surface area (Å²) >= 11 is 0. The summed E-state index contributed by atoms with van der Waals surface area (Å²) in [5.74, 6) is -5.99. The van der Waals surface area contributed by atoms with E-state index in [1.807, 2.05) is 0 Å². The van der Waals surface area contributed by atoms with Crippen LogP contribution in [0, 0.1) is 6.92 Å². The van der Waals surface area contributed by atoms with Crippen molar-refractivity contribution in [1.82, 2.24) is 9.55 Å². The lowest BCUT2D eigenvalue weighted by Crippen LogP contribution is -2.44. The second-order valence-electron chi connectivity index (χ2n) is 9.77. The molecule has 5 rings (SSSR count). The van der Waals surface area contributed by atoms with Gasteiger partial charge in [0.1, 0.15) is 11.9 Å². The van der Waals surface area contributed by atoms with Crippen molar-refractivity contribution < 1.29 is 40.4 Å². The average molecular weight is 626 g/mol. The van der Waals surface area contributed by atoms with Gasteiger partial charge in [0.25, 0.3) is 16.0 Å².